The molecule has 5 nitrogen and oxygen atoms in total. The predicted molar refractivity (Wildman–Crippen MR) is 88.5 cm³/mol. The molecule has 3 atom stereocenters. The van der Waals surface area contributed by atoms with E-state index < -0.39 is 11.8 Å². The van der Waals surface area contributed by atoms with Crippen LogP contribution in [0.1, 0.15) is 61.8 Å². The van der Waals surface area contributed by atoms with Crippen molar-refractivity contribution >= 4 is 5.78 Å². The van der Waals surface area contributed by atoms with Crippen molar-refractivity contribution in [3.63, 3.8) is 0 Å². The molecule has 0 aliphatic carbocycles. The van der Waals surface area contributed by atoms with Crippen molar-refractivity contribution in [1.29, 1.82) is 0 Å². The average Bonchev–Trinajstić information content (AvgIpc) is 3.24. The molecule has 6 heteroatoms. The molecule has 0 amide bonds. The number of carbonyl (C=O) groups is 1. The van der Waals surface area contributed by atoms with Gasteiger partial charge in [-0.2, -0.15) is 0 Å². The maximum atomic E-state index is 14.3. The summed E-state index contributed by atoms with van der Waals surface area (Å²) in [5.41, 5.74) is -0.158. The van der Waals surface area contributed by atoms with Gasteiger partial charge < -0.3 is 4.74 Å². The Kier molecular flexibility index (Phi) is 4.49. The van der Waals surface area contributed by atoms with E-state index in [-0.39, 0.29) is 29.9 Å². The van der Waals surface area contributed by atoms with E-state index in [1.54, 1.807) is 6.92 Å². The Morgan fingerprint density at radius 2 is 2.29 bits per heavy atom. The van der Waals surface area contributed by atoms with Crippen LogP contribution in [0.4, 0.5) is 4.39 Å². The molecule has 0 bridgehead atoms. The fourth-order valence-corrected chi connectivity index (χ4v) is 3.18. The fraction of sp³-hybridized carbons (Fsp3) is 0.500. The van der Waals surface area contributed by atoms with Crippen molar-refractivity contribution in [3.05, 3.63) is 48.1 Å². The van der Waals surface area contributed by atoms with Crippen LogP contribution < -0.4 is 0 Å². The Balaban J connectivity index is 1.86. The number of ketones is 1. The molecule has 1 aromatic heterocycles. The maximum Gasteiger partial charge on any atom is 0.233 e. The zero-order chi connectivity index (χ0) is 17.3. The van der Waals surface area contributed by atoms with Crippen LogP contribution in [0.2, 0.25) is 0 Å². The summed E-state index contributed by atoms with van der Waals surface area (Å²) in [6.45, 7) is 8.22. The summed E-state index contributed by atoms with van der Waals surface area (Å²) in [6.07, 6.45) is 7.93. The van der Waals surface area contributed by atoms with Gasteiger partial charge in [-0.25, -0.2) is 14.1 Å². The van der Waals surface area contributed by atoms with Crippen LogP contribution in [0.5, 0.6) is 0 Å². The van der Waals surface area contributed by atoms with Gasteiger partial charge in [0, 0.05) is 13.0 Å². The Morgan fingerprint density at radius 3 is 2.96 bits per heavy atom. The lowest BCUT2D eigenvalue weighted by Crippen LogP contribution is -2.35. The standard InChI is InChI=1S/C18H22FN3O2/c1-4-5-6-8-12(2)14-11-13(19)17-20-16(21-22(14)17)15(23)18(3)9-7-10-24-18/h4-6,8,13-14H,2,7,9-11H2,1,3H3/b5-4-,8-6-/t13-,14-,18?/m0/s1. The van der Waals surface area contributed by atoms with E-state index in [1.165, 1.54) is 4.68 Å². The van der Waals surface area contributed by atoms with Gasteiger partial charge in [0.2, 0.25) is 11.6 Å². The van der Waals surface area contributed by atoms with Crippen LogP contribution in [-0.4, -0.2) is 32.8 Å². The van der Waals surface area contributed by atoms with Gasteiger partial charge >= 0.3 is 0 Å². The van der Waals surface area contributed by atoms with Crippen molar-refractivity contribution in [2.24, 2.45) is 0 Å². The minimum atomic E-state index is -1.24. The van der Waals surface area contributed by atoms with Crippen molar-refractivity contribution in [2.45, 2.75) is 50.9 Å². The van der Waals surface area contributed by atoms with Crippen molar-refractivity contribution in [2.75, 3.05) is 6.61 Å². The predicted octanol–water partition coefficient (Wildman–Crippen LogP) is 3.67. The van der Waals surface area contributed by atoms with Crippen LogP contribution in [0, 0.1) is 0 Å². The lowest BCUT2D eigenvalue weighted by Gasteiger charge is -2.19. The van der Waals surface area contributed by atoms with Crippen molar-refractivity contribution in [3.8, 4) is 0 Å². The van der Waals surface area contributed by atoms with Gasteiger partial charge in [0.15, 0.2) is 12.0 Å². The van der Waals surface area contributed by atoms with E-state index >= 15 is 0 Å². The summed E-state index contributed by atoms with van der Waals surface area (Å²) in [7, 11) is 0. The van der Waals surface area contributed by atoms with Gasteiger partial charge in [0.05, 0.1) is 6.04 Å². The first kappa shape index (κ1) is 16.8. The second kappa shape index (κ2) is 6.43. The third-order valence-electron chi connectivity index (χ3n) is 4.61. The van der Waals surface area contributed by atoms with Crippen molar-refractivity contribution in [1.82, 2.24) is 14.8 Å². The number of allylic oxidation sites excluding steroid dienone is 5. The van der Waals surface area contributed by atoms with Gasteiger partial charge in [0.1, 0.15) is 5.60 Å². The van der Waals surface area contributed by atoms with Crippen LogP contribution in [0.15, 0.2) is 36.5 Å². The Morgan fingerprint density at radius 1 is 1.50 bits per heavy atom. The number of fused-ring (bicyclic) bond motifs is 1. The van der Waals surface area contributed by atoms with E-state index in [9.17, 15) is 9.18 Å². The molecule has 2 aliphatic heterocycles. The summed E-state index contributed by atoms with van der Waals surface area (Å²) in [5, 5.41) is 4.28. The normalized spacial score (nSPS) is 29.6. The fourth-order valence-electron chi connectivity index (χ4n) is 3.18. The molecule has 1 fully saturated rings. The highest BCUT2D eigenvalue weighted by Crippen LogP contribution is 2.40. The third-order valence-corrected chi connectivity index (χ3v) is 4.61. The quantitative estimate of drug-likeness (QED) is 0.610. The summed E-state index contributed by atoms with van der Waals surface area (Å²) in [4.78, 5) is 16.8. The number of rotatable bonds is 5. The molecule has 1 aromatic rings. The minimum Gasteiger partial charge on any atom is -0.367 e. The number of halogens is 1. The molecule has 3 rings (SSSR count). The topological polar surface area (TPSA) is 57.0 Å². The molecule has 0 spiro atoms. The average molecular weight is 331 g/mol. The van der Waals surface area contributed by atoms with Gasteiger partial charge in [-0.15, -0.1) is 5.10 Å². The molecule has 0 aromatic carbocycles. The molecule has 0 N–H and O–H groups in total. The lowest BCUT2D eigenvalue weighted by molar-refractivity contribution is 0.0203. The molecule has 1 unspecified atom stereocenters. The molecule has 1 saturated heterocycles. The second-order valence-corrected chi connectivity index (χ2v) is 6.43. The zero-order valence-corrected chi connectivity index (χ0v) is 14.0. The number of aromatic nitrogens is 3. The zero-order valence-electron chi connectivity index (χ0n) is 14.0. The highest BCUT2D eigenvalue weighted by atomic mass is 19.1. The van der Waals surface area contributed by atoms with Gasteiger partial charge in [-0.05, 0) is 32.3 Å². The van der Waals surface area contributed by atoms with Gasteiger partial charge in [0.25, 0.3) is 0 Å². The number of hydrogen-bond donors (Lipinski definition) is 0. The van der Waals surface area contributed by atoms with Crippen LogP contribution in [-0.2, 0) is 4.74 Å². The molecule has 24 heavy (non-hydrogen) atoms. The third kappa shape index (κ3) is 2.86. The number of alkyl halides is 1. The van der Waals surface area contributed by atoms with E-state index in [0.29, 0.717) is 13.0 Å². The molecular weight excluding hydrogens is 309 g/mol. The van der Waals surface area contributed by atoms with Gasteiger partial charge in [-0.1, -0.05) is 30.9 Å². The number of ether oxygens (including phenoxy) is 1. The first-order valence-electron chi connectivity index (χ1n) is 8.23. The number of nitrogens with zero attached hydrogens (tertiary/aromatic N) is 3. The maximum absolute atomic E-state index is 14.3. The van der Waals surface area contributed by atoms with E-state index in [2.05, 4.69) is 16.7 Å². The SMILES string of the molecule is C=C(/C=C\C=C/C)[C@@H]1C[C@H](F)c2nc(C(=O)C3(C)CCCO3)nn21. The smallest absolute Gasteiger partial charge is 0.233 e. The molecule has 0 saturated carbocycles. The Bertz CT molecular complexity index is 714. The van der Waals surface area contributed by atoms with Crippen LogP contribution in [0.25, 0.3) is 0 Å². The molecule has 0 radical (unpaired) electrons. The number of carbonyl (C=O) groups excluding carboxylic acids is 1. The van der Waals surface area contributed by atoms with E-state index in [4.69, 9.17) is 4.74 Å². The molecule has 3 heterocycles. The number of hydrogen-bond acceptors (Lipinski definition) is 4. The highest BCUT2D eigenvalue weighted by molar-refractivity contribution is 5.99. The summed E-state index contributed by atoms with van der Waals surface area (Å²) >= 11 is 0. The molecule has 128 valence electrons. The minimum absolute atomic E-state index is 0.0342. The summed E-state index contributed by atoms with van der Waals surface area (Å²) in [6, 6.07) is -0.317. The lowest BCUT2D eigenvalue weighted by atomic mass is 9.97. The summed E-state index contributed by atoms with van der Waals surface area (Å²) < 4.78 is 21.4. The summed E-state index contributed by atoms with van der Waals surface area (Å²) in [5.74, 6) is -0.0413. The first-order chi connectivity index (χ1) is 11.5. The molecule has 2 aliphatic rings. The highest BCUT2D eigenvalue weighted by Gasteiger charge is 2.43. The molecular formula is C18H22FN3O2. The number of Topliss-reactive ketones (excluding diaryl/α,β-unsaturated/α-hetero) is 1. The van der Waals surface area contributed by atoms with Crippen LogP contribution in [0.3, 0.4) is 0 Å². The Hall–Kier alpha value is -2.08. The Labute approximate surface area is 140 Å². The largest absolute Gasteiger partial charge is 0.367 e. The van der Waals surface area contributed by atoms with E-state index in [1.807, 2.05) is 31.2 Å². The van der Waals surface area contributed by atoms with Gasteiger partial charge in [-0.3, -0.25) is 4.79 Å². The van der Waals surface area contributed by atoms with Crippen molar-refractivity contribution < 1.29 is 13.9 Å². The van der Waals surface area contributed by atoms with Crippen LogP contribution >= 0.6 is 0 Å². The monoisotopic (exact) mass is 331 g/mol. The van der Waals surface area contributed by atoms with E-state index in [0.717, 1.165) is 12.0 Å². The second-order valence-electron chi connectivity index (χ2n) is 6.43. The first-order valence-corrected chi connectivity index (χ1v) is 8.23.